The van der Waals surface area contributed by atoms with Crippen LogP contribution in [0.15, 0.2) is 83.7 Å². The molecule has 0 fully saturated rings. The molecule has 0 aliphatic rings. The van der Waals surface area contributed by atoms with Crippen LogP contribution in [0.2, 0.25) is 0 Å². The van der Waals surface area contributed by atoms with Crippen molar-refractivity contribution in [3.8, 4) is 0 Å². The number of rotatable bonds is 7. The maximum atomic E-state index is 12.6. The second-order valence-corrected chi connectivity index (χ2v) is 8.69. The van der Waals surface area contributed by atoms with Crippen molar-refractivity contribution in [1.29, 1.82) is 0 Å². The molecule has 0 spiro atoms. The van der Waals surface area contributed by atoms with Crippen molar-refractivity contribution in [1.82, 2.24) is 9.38 Å². The first-order valence-electron chi connectivity index (χ1n) is 10.6. The highest BCUT2D eigenvalue weighted by atomic mass is 32.1. The molecule has 0 radical (unpaired) electrons. The van der Waals surface area contributed by atoms with Crippen molar-refractivity contribution in [3.05, 3.63) is 116 Å². The zero-order chi connectivity index (χ0) is 24.4. The fourth-order valence-electron chi connectivity index (χ4n) is 3.67. The first-order valence-corrected chi connectivity index (χ1v) is 11.4. The van der Waals surface area contributed by atoms with Gasteiger partial charge >= 0.3 is 5.97 Å². The van der Waals surface area contributed by atoms with Gasteiger partial charge in [0.1, 0.15) is 12.3 Å². The zero-order valence-corrected chi connectivity index (χ0v) is 19.0. The van der Waals surface area contributed by atoms with E-state index in [0.717, 1.165) is 15.8 Å². The molecule has 174 valence electrons. The summed E-state index contributed by atoms with van der Waals surface area (Å²) in [5, 5.41) is 14.6. The van der Waals surface area contributed by atoms with Crippen molar-refractivity contribution in [2.45, 2.75) is 13.2 Å². The van der Waals surface area contributed by atoms with Crippen LogP contribution in [0.3, 0.4) is 0 Å². The summed E-state index contributed by atoms with van der Waals surface area (Å²) < 4.78 is 7.73. The smallest absolute Gasteiger partial charge is 0.338 e. The van der Waals surface area contributed by atoms with Crippen LogP contribution in [-0.2, 0) is 17.9 Å². The molecule has 5 rings (SSSR count). The number of benzene rings is 3. The number of fused-ring (bicyclic) bond motifs is 3. The molecule has 0 unspecified atom stereocenters. The van der Waals surface area contributed by atoms with E-state index in [-0.39, 0.29) is 23.4 Å². The highest BCUT2D eigenvalue weighted by Crippen LogP contribution is 2.27. The topological polar surface area (TPSA) is 116 Å². The predicted octanol–water partition coefficient (Wildman–Crippen LogP) is 4.79. The number of nitro groups is 1. The van der Waals surface area contributed by atoms with Gasteiger partial charge in [0, 0.05) is 18.7 Å². The van der Waals surface area contributed by atoms with Gasteiger partial charge in [-0.25, -0.2) is 9.78 Å². The molecular formula is C25H18N4O5S. The van der Waals surface area contributed by atoms with Crippen LogP contribution in [0, 0.1) is 10.1 Å². The molecule has 9 nitrogen and oxygen atoms in total. The average Bonchev–Trinajstić information content (AvgIpc) is 3.25. The highest BCUT2D eigenvalue weighted by Gasteiger charge is 2.19. The van der Waals surface area contributed by atoms with E-state index < -0.39 is 10.9 Å². The number of nitro benzene ring substituents is 1. The molecule has 0 bridgehead atoms. The van der Waals surface area contributed by atoms with E-state index in [2.05, 4.69) is 10.3 Å². The fraction of sp³-hybridized carbons (Fsp3) is 0.0800. The third-order valence-electron chi connectivity index (χ3n) is 5.36. The molecule has 0 aliphatic heterocycles. The number of carbonyl (C=O) groups excluding carboxylic acids is 1. The van der Waals surface area contributed by atoms with Gasteiger partial charge in [0.2, 0.25) is 0 Å². The summed E-state index contributed by atoms with van der Waals surface area (Å²) in [5.74, 6) is -0.749. The van der Waals surface area contributed by atoms with Crippen molar-refractivity contribution >= 4 is 43.9 Å². The number of para-hydroxylation sites is 1. The average molecular weight is 487 g/mol. The van der Waals surface area contributed by atoms with E-state index in [9.17, 15) is 19.7 Å². The van der Waals surface area contributed by atoms with Gasteiger partial charge in [-0.15, -0.1) is 0 Å². The molecule has 5 aromatic rings. The van der Waals surface area contributed by atoms with Gasteiger partial charge in [0.05, 0.1) is 26.4 Å². The number of hydrogen-bond donors (Lipinski definition) is 1. The number of anilines is 1. The Hall–Kier alpha value is -4.57. The van der Waals surface area contributed by atoms with Crippen LogP contribution in [-0.4, -0.2) is 20.3 Å². The third kappa shape index (κ3) is 4.59. The minimum Gasteiger partial charge on any atom is -0.456 e. The third-order valence-corrected chi connectivity index (χ3v) is 6.38. The maximum absolute atomic E-state index is 12.6. The van der Waals surface area contributed by atoms with Crippen molar-refractivity contribution in [3.63, 3.8) is 0 Å². The van der Waals surface area contributed by atoms with Crippen LogP contribution < -0.4 is 10.9 Å². The van der Waals surface area contributed by atoms with Gasteiger partial charge in [-0.05, 0) is 29.8 Å². The normalized spacial score (nSPS) is 11.0. The number of esters is 1. The number of ether oxygens (including phenoxy) is 1. The van der Waals surface area contributed by atoms with Gasteiger partial charge in [0.15, 0.2) is 4.96 Å². The molecule has 0 aliphatic carbocycles. The monoisotopic (exact) mass is 486 g/mol. The van der Waals surface area contributed by atoms with E-state index in [1.165, 1.54) is 40.0 Å². The second kappa shape index (κ2) is 9.35. The first kappa shape index (κ1) is 22.2. The molecule has 1 N–H and O–H groups in total. The van der Waals surface area contributed by atoms with Gasteiger partial charge in [-0.3, -0.25) is 19.3 Å². The Kier molecular flexibility index (Phi) is 5.94. The summed E-state index contributed by atoms with van der Waals surface area (Å²) in [6, 6.07) is 22.4. The molecule has 0 saturated carbocycles. The Balaban J connectivity index is 1.32. The fourth-order valence-corrected chi connectivity index (χ4v) is 4.72. The molecule has 10 heteroatoms. The van der Waals surface area contributed by atoms with Crippen LogP contribution >= 0.6 is 11.3 Å². The Bertz CT molecular complexity index is 1630. The highest BCUT2D eigenvalue weighted by molar-refractivity contribution is 7.23. The lowest BCUT2D eigenvalue weighted by Gasteiger charge is -2.09. The maximum Gasteiger partial charge on any atom is 0.338 e. The summed E-state index contributed by atoms with van der Waals surface area (Å²) in [6.45, 7) is 0.160. The van der Waals surface area contributed by atoms with Gasteiger partial charge in [-0.1, -0.05) is 53.8 Å². The lowest BCUT2D eigenvalue weighted by atomic mass is 10.1. The SMILES string of the molecule is O=C(OCc1cc(=O)n2c(n1)sc1ccccc12)c1ccc(NCc2ccccc2)c([N+](=O)[O-])c1. The summed E-state index contributed by atoms with van der Waals surface area (Å²) in [7, 11) is 0. The Morgan fingerprint density at radius 2 is 1.83 bits per heavy atom. The molecule has 2 aromatic heterocycles. The van der Waals surface area contributed by atoms with E-state index in [1.807, 2.05) is 54.6 Å². The number of nitrogens with zero attached hydrogens (tertiary/aromatic N) is 3. The van der Waals surface area contributed by atoms with Crippen LogP contribution in [0.1, 0.15) is 21.6 Å². The summed E-state index contributed by atoms with van der Waals surface area (Å²) in [6.07, 6.45) is 0. The number of hydrogen-bond acceptors (Lipinski definition) is 8. The second-order valence-electron chi connectivity index (χ2n) is 7.68. The lowest BCUT2D eigenvalue weighted by molar-refractivity contribution is -0.384. The first-order chi connectivity index (χ1) is 17.0. The van der Waals surface area contributed by atoms with Gasteiger partial charge < -0.3 is 10.1 Å². The molecular weight excluding hydrogens is 468 g/mol. The minimum atomic E-state index is -0.749. The Morgan fingerprint density at radius 1 is 1.06 bits per heavy atom. The zero-order valence-electron chi connectivity index (χ0n) is 18.2. The predicted molar refractivity (Wildman–Crippen MR) is 133 cm³/mol. The van der Waals surface area contributed by atoms with E-state index in [0.29, 0.717) is 22.9 Å². The van der Waals surface area contributed by atoms with E-state index in [4.69, 9.17) is 4.74 Å². The van der Waals surface area contributed by atoms with E-state index in [1.54, 1.807) is 0 Å². The largest absolute Gasteiger partial charge is 0.456 e. The Morgan fingerprint density at radius 3 is 2.63 bits per heavy atom. The van der Waals surface area contributed by atoms with Crippen molar-refractivity contribution in [2.75, 3.05) is 5.32 Å². The minimum absolute atomic E-state index is 0.0293. The van der Waals surface area contributed by atoms with Crippen molar-refractivity contribution < 1.29 is 14.5 Å². The Labute approximate surface area is 202 Å². The number of aromatic nitrogens is 2. The lowest BCUT2D eigenvalue weighted by Crippen LogP contribution is -2.15. The van der Waals surface area contributed by atoms with Crippen LogP contribution in [0.25, 0.3) is 15.2 Å². The van der Waals surface area contributed by atoms with Gasteiger partial charge in [-0.2, -0.15) is 0 Å². The van der Waals surface area contributed by atoms with Crippen molar-refractivity contribution in [2.24, 2.45) is 0 Å². The quantitative estimate of drug-likeness (QED) is 0.200. The van der Waals surface area contributed by atoms with E-state index >= 15 is 0 Å². The number of thiazole rings is 1. The molecule has 0 atom stereocenters. The number of carbonyl (C=O) groups is 1. The molecule has 35 heavy (non-hydrogen) atoms. The standard InChI is InChI=1S/C25H18N4O5S/c30-23-13-18(27-25-28(23)20-8-4-5-9-22(20)35-25)15-34-24(31)17-10-11-19(21(12-17)29(32)33)26-14-16-6-2-1-3-7-16/h1-13,26H,14-15H2. The molecule has 0 amide bonds. The molecule has 3 aromatic carbocycles. The van der Waals surface area contributed by atoms with Gasteiger partial charge in [0.25, 0.3) is 11.2 Å². The van der Waals surface area contributed by atoms with Crippen LogP contribution in [0.5, 0.6) is 0 Å². The molecule has 0 saturated heterocycles. The van der Waals surface area contributed by atoms with Crippen LogP contribution in [0.4, 0.5) is 11.4 Å². The summed E-state index contributed by atoms with van der Waals surface area (Å²) in [4.78, 5) is 41.2. The number of nitrogens with one attached hydrogen (secondary N) is 1. The summed E-state index contributed by atoms with van der Waals surface area (Å²) >= 11 is 1.36. The molecule has 2 heterocycles. The summed E-state index contributed by atoms with van der Waals surface area (Å²) in [5.41, 5.74) is 1.83.